The first-order valence-corrected chi connectivity index (χ1v) is 6.74. The number of hydrogen-bond donors (Lipinski definition) is 1. The van der Waals surface area contributed by atoms with Gasteiger partial charge in [0, 0.05) is 15.2 Å². The van der Waals surface area contributed by atoms with E-state index in [1.165, 1.54) is 0 Å². The fourth-order valence-electron chi connectivity index (χ4n) is 1.98. The maximum absolute atomic E-state index is 12.1. The Balaban J connectivity index is 2.10. The lowest BCUT2D eigenvalue weighted by molar-refractivity contribution is 1.20. The van der Waals surface area contributed by atoms with Crippen LogP contribution in [0.1, 0.15) is 0 Å². The van der Waals surface area contributed by atoms with Crippen LogP contribution in [0.5, 0.6) is 0 Å². The molecule has 3 rings (SSSR count). The first-order valence-electron chi connectivity index (χ1n) is 5.94. The van der Waals surface area contributed by atoms with Crippen LogP contribution in [0, 0.1) is 0 Å². The maximum Gasteiger partial charge on any atom is 0.217 e. The van der Waals surface area contributed by atoms with E-state index in [1.54, 1.807) is 36.4 Å². The van der Waals surface area contributed by atoms with Crippen LogP contribution in [0.15, 0.2) is 67.7 Å². The maximum atomic E-state index is 12.1. The van der Waals surface area contributed by atoms with Crippen molar-refractivity contribution in [2.45, 2.75) is 0 Å². The molecular weight excluding hydrogens is 320 g/mol. The summed E-state index contributed by atoms with van der Waals surface area (Å²) in [5, 5.41) is 4.70. The van der Waals surface area contributed by atoms with E-state index in [1.807, 2.05) is 12.1 Å². The van der Waals surface area contributed by atoms with E-state index in [4.69, 9.17) is 0 Å². The largest absolute Gasteiger partial charge is 0.287 e. The minimum atomic E-state index is -0.338. The van der Waals surface area contributed by atoms with Crippen molar-refractivity contribution in [3.63, 3.8) is 0 Å². The highest BCUT2D eigenvalue weighted by Crippen LogP contribution is 2.13. The van der Waals surface area contributed by atoms with E-state index in [2.05, 4.69) is 26.5 Å². The van der Waals surface area contributed by atoms with E-state index < -0.39 is 0 Å². The SMILES string of the molecule is O=c1c(=NNc2ccc(Br)cc2)c(=O)c2ccccc12. The molecule has 0 radical (unpaired) electrons. The zero-order chi connectivity index (χ0) is 14.1. The predicted octanol–water partition coefficient (Wildman–Crippen LogP) is 2.13. The van der Waals surface area contributed by atoms with Gasteiger partial charge in [-0.3, -0.25) is 15.0 Å². The highest BCUT2D eigenvalue weighted by atomic mass is 79.9. The summed E-state index contributed by atoms with van der Waals surface area (Å²) in [6.07, 6.45) is 0. The molecule has 0 fully saturated rings. The lowest BCUT2D eigenvalue weighted by atomic mass is 10.2. The lowest BCUT2D eigenvalue weighted by Crippen LogP contribution is -2.32. The molecule has 0 spiro atoms. The molecule has 0 aromatic heterocycles. The number of nitrogens with zero attached hydrogens (tertiary/aromatic N) is 1. The molecule has 4 nitrogen and oxygen atoms in total. The minimum absolute atomic E-state index is 0.0749. The van der Waals surface area contributed by atoms with Crippen LogP contribution >= 0.6 is 15.9 Å². The third-order valence-corrected chi connectivity index (χ3v) is 3.52. The topological polar surface area (TPSA) is 58.5 Å². The van der Waals surface area contributed by atoms with Crippen LogP contribution in [0.25, 0.3) is 10.8 Å². The summed E-state index contributed by atoms with van der Waals surface area (Å²) in [5.74, 6) is 0. The van der Waals surface area contributed by atoms with Crippen molar-refractivity contribution in [3.05, 3.63) is 78.8 Å². The van der Waals surface area contributed by atoms with E-state index in [9.17, 15) is 9.59 Å². The Morgan fingerprint density at radius 3 is 1.95 bits per heavy atom. The Hall–Kier alpha value is -2.27. The van der Waals surface area contributed by atoms with Crippen LogP contribution in [0.4, 0.5) is 5.69 Å². The Kier molecular flexibility index (Phi) is 3.20. The smallest absolute Gasteiger partial charge is 0.217 e. The summed E-state index contributed by atoms with van der Waals surface area (Å²) >= 11 is 3.33. The number of fused-ring (bicyclic) bond motifs is 1. The molecule has 0 aliphatic carbocycles. The van der Waals surface area contributed by atoms with Gasteiger partial charge in [-0.15, -0.1) is 0 Å². The number of halogens is 1. The number of hydrogen-bond acceptors (Lipinski definition) is 4. The van der Waals surface area contributed by atoms with Crippen molar-refractivity contribution in [2.24, 2.45) is 5.10 Å². The fourth-order valence-corrected chi connectivity index (χ4v) is 2.25. The van der Waals surface area contributed by atoms with Gasteiger partial charge < -0.3 is 0 Å². The summed E-state index contributed by atoms with van der Waals surface area (Å²) in [6, 6.07) is 14.0. The quantitative estimate of drug-likeness (QED) is 0.733. The first kappa shape index (κ1) is 12.7. The molecule has 0 bridgehead atoms. The molecule has 0 aliphatic heterocycles. The second kappa shape index (κ2) is 5.02. The van der Waals surface area contributed by atoms with Gasteiger partial charge in [0.2, 0.25) is 10.9 Å². The average molecular weight is 329 g/mol. The Morgan fingerprint density at radius 1 is 0.850 bits per heavy atom. The van der Waals surface area contributed by atoms with E-state index in [0.29, 0.717) is 16.5 Å². The van der Waals surface area contributed by atoms with E-state index in [0.717, 1.165) is 4.47 Å². The lowest BCUT2D eigenvalue weighted by Gasteiger charge is -1.97. The van der Waals surface area contributed by atoms with Gasteiger partial charge in [-0.1, -0.05) is 40.2 Å². The van der Waals surface area contributed by atoms with Gasteiger partial charge in [0.1, 0.15) is 0 Å². The van der Waals surface area contributed by atoms with Gasteiger partial charge in [-0.25, -0.2) is 0 Å². The second-order valence-corrected chi connectivity index (χ2v) is 5.20. The molecule has 3 aromatic rings. The van der Waals surface area contributed by atoms with Crippen molar-refractivity contribution in [1.82, 2.24) is 0 Å². The van der Waals surface area contributed by atoms with E-state index in [-0.39, 0.29) is 16.2 Å². The van der Waals surface area contributed by atoms with Crippen molar-refractivity contribution >= 4 is 32.4 Å². The zero-order valence-corrected chi connectivity index (χ0v) is 11.8. The Labute approximate surface area is 122 Å². The molecule has 5 heteroatoms. The molecule has 0 heterocycles. The van der Waals surface area contributed by atoms with Gasteiger partial charge >= 0.3 is 0 Å². The van der Waals surface area contributed by atoms with Gasteiger partial charge in [0.05, 0.1) is 5.69 Å². The number of anilines is 1. The van der Waals surface area contributed by atoms with Gasteiger partial charge in [0.15, 0.2) is 5.36 Å². The van der Waals surface area contributed by atoms with Crippen LogP contribution in [0.2, 0.25) is 0 Å². The highest BCUT2D eigenvalue weighted by molar-refractivity contribution is 9.10. The standard InChI is InChI=1S/C15H9BrN2O2/c16-9-5-7-10(8-6-9)17-18-13-14(19)11-3-1-2-4-12(11)15(13)20/h1-8,17H. The van der Waals surface area contributed by atoms with Crippen LogP contribution in [0.3, 0.4) is 0 Å². The molecule has 0 atom stereocenters. The molecule has 98 valence electrons. The molecular formula is C15H9BrN2O2. The van der Waals surface area contributed by atoms with Crippen LogP contribution in [-0.4, -0.2) is 0 Å². The third-order valence-electron chi connectivity index (χ3n) is 2.99. The molecule has 20 heavy (non-hydrogen) atoms. The molecule has 0 saturated heterocycles. The van der Waals surface area contributed by atoms with Crippen LogP contribution in [-0.2, 0) is 0 Å². The number of benzene rings is 2. The summed E-state index contributed by atoms with van der Waals surface area (Å²) in [7, 11) is 0. The second-order valence-electron chi connectivity index (χ2n) is 4.28. The normalized spacial score (nSPS) is 10.7. The molecule has 0 unspecified atom stereocenters. The molecule has 0 saturated carbocycles. The number of rotatable bonds is 2. The Morgan fingerprint density at radius 2 is 1.40 bits per heavy atom. The monoisotopic (exact) mass is 328 g/mol. The third kappa shape index (κ3) is 2.16. The van der Waals surface area contributed by atoms with Gasteiger partial charge in [0.25, 0.3) is 0 Å². The molecule has 0 aliphatic rings. The minimum Gasteiger partial charge on any atom is -0.287 e. The Bertz CT molecular complexity index is 873. The zero-order valence-electron chi connectivity index (χ0n) is 10.3. The van der Waals surface area contributed by atoms with Crippen molar-refractivity contribution in [3.8, 4) is 0 Å². The summed E-state index contributed by atoms with van der Waals surface area (Å²) < 4.78 is 0.941. The molecule has 1 N–H and O–H groups in total. The highest BCUT2D eigenvalue weighted by Gasteiger charge is 2.09. The van der Waals surface area contributed by atoms with Gasteiger partial charge in [-0.05, 0) is 24.3 Å². The van der Waals surface area contributed by atoms with Gasteiger partial charge in [-0.2, -0.15) is 5.10 Å². The summed E-state index contributed by atoms with van der Waals surface area (Å²) in [4.78, 5) is 24.2. The van der Waals surface area contributed by atoms with Crippen molar-refractivity contribution in [2.75, 3.05) is 5.43 Å². The fraction of sp³-hybridized carbons (Fsp3) is 0. The van der Waals surface area contributed by atoms with Crippen molar-refractivity contribution < 1.29 is 0 Å². The number of nitrogens with one attached hydrogen (secondary N) is 1. The summed E-state index contributed by atoms with van der Waals surface area (Å²) in [5.41, 5.74) is 2.77. The average Bonchev–Trinajstić information content (AvgIpc) is 2.71. The van der Waals surface area contributed by atoms with E-state index >= 15 is 0 Å². The summed E-state index contributed by atoms with van der Waals surface area (Å²) in [6.45, 7) is 0. The van der Waals surface area contributed by atoms with Crippen molar-refractivity contribution in [1.29, 1.82) is 0 Å². The first-order chi connectivity index (χ1) is 9.66. The van der Waals surface area contributed by atoms with Crippen LogP contribution < -0.4 is 21.6 Å². The molecule has 0 amide bonds. The molecule has 3 aromatic carbocycles. The predicted molar refractivity (Wildman–Crippen MR) is 82.2 cm³/mol.